The molecule has 0 aromatic carbocycles. The maximum atomic E-state index is 12.7. The first-order valence-electron chi connectivity index (χ1n) is 8.21. The van der Waals surface area contributed by atoms with Gasteiger partial charge in [-0.05, 0) is 26.7 Å². The Morgan fingerprint density at radius 1 is 1.50 bits per heavy atom. The smallest absolute Gasteiger partial charge is 0.240 e. The Labute approximate surface area is 136 Å². The van der Waals surface area contributed by atoms with Crippen molar-refractivity contribution in [1.82, 2.24) is 15.2 Å². The van der Waals surface area contributed by atoms with Gasteiger partial charge in [-0.1, -0.05) is 12.8 Å². The highest BCUT2D eigenvalue weighted by Crippen LogP contribution is 2.27. The minimum atomic E-state index is -0.152. The van der Waals surface area contributed by atoms with Crippen LogP contribution >= 0.6 is 11.3 Å². The van der Waals surface area contributed by atoms with Gasteiger partial charge in [0, 0.05) is 23.7 Å². The lowest BCUT2D eigenvalue weighted by Gasteiger charge is -2.39. The van der Waals surface area contributed by atoms with Gasteiger partial charge in [0.2, 0.25) is 5.91 Å². The summed E-state index contributed by atoms with van der Waals surface area (Å²) in [6.07, 6.45) is 4.99. The van der Waals surface area contributed by atoms with Gasteiger partial charge in [-0.3, -0.25) is 9.69 Å². The molecular weight excluding hydrogens is 298 g/mol. The second-order valence-corrected chi connectivity index (χ2v) is 7.21. The average molecular weight is 323 g/mol. The van der Waals surface area contributed by atoms with Crippen molar-refractivity contribution in [2.75, 3.05) is 19.8 Å². The molecule has 5 nitrogen and oxygen atoms in total. The van der Waals surface area contributed by atoms with Crippen molar-refractivity contribution in [3.05, 3.63) is 16.1 Å². The van der Waals surface area contributed by atoms with Crippen molar-refractivity contribution >= 4 is 17.2 Å². The Kier molecular flexibility index (Phi) is 5.10. The van der Waals surface area contributed by atoms with E-state index >= 15 is 0 Å². The van der Waals surface area contributed by atoms with E-state index in [0.29, 0.717) is 12.6 Å². The second kappa shape index (κ2) is 7.06. The topological polar surface area (TPSA) is 54.5 Å². The SMILES string of the molecule is Cc1csc([C@@H](C)NC(=O)[C@H]2COCCN2C2CCCC2)n1. The van der Waals surface area contributed by atoms with Crippen LogP contribution in [0, 0.1) is 6.92 Å². The number of aromatic nitrogens is 1. The van der Waals surface area contributed by atoms with Crippen LogP contribution in [0.5, 0.6) is 0 Å². The lowest BCUT2D eigenvalue weighted by atomic mass is 10.1. The molecule has 1 aliphatic heterocycles. The molecule has 1 aromatic heterocycles. The number of amides is 1. The molecule has 1 saturated carbocycles. The summed E-state index contributed by atoms with van der Waals surface area (Å²) in [7, 11) is 0. The molecule has 1 aromatic rings. The summed E-state index contributed by atoms with van der Waals surface area (Å²) in [5.74, 6) is 0.0759. The van der Waals surface area contributed by atoms with Gasteiger partial charge in [0.15, 0.2) is 0 Å². The first-order chi connectivity index (χ1) is 10.6. The predicted octanol–water partition coefficient (Wildman–Crippen LogP) is 2.27. The molecule has 122 valence electrons. The second-order valence-electron chi connectivity index (χ2n) is 6.32. The number of hydrogen-bond donors (Lipinski definition) is 1. The van der Waals surface area contributed by atoms with Crippen LogP contribution in [0.2, 0.25) is 0 Å². The van der Waals surface area contributed by atoms with E-state index in [9.17, 15) is 4.79 Å². The fourth-order valence-electron chi connectivity index (χ4n) is 3.46. The third-order valence-electron chi connectivity index (χ3n) is 4.63. The number of carbonyl (C=O) groups is 1. The van der Waals surface area contributed by atoms with E-state index in [-0.39, 0.29) is 18.0 Å². The van der Waals surface area contributed by atoms with E-state index in [0.717, 1.165) is 23.9 Å². The summed E-state index contributed by atoms with van der Waals surface area (Å²) in [5.41, 5.74) is 1.01. The van der Waals surface area contributed by atoms with E-state index in [1.54, 1.807) is 11.3 Å². The molecule has 1 aliphatic carbocycles. The zero-order valence-electron chi connectivity index (χ0n) is 13.4. The highest BCUT2D eigenvalue weighted by atomic mass is 32.1. The average Bonchev–Trinajstić information content (AvgIpc) is 3.18. The van der Waals surface area contributed by atoms with Crippen molar-refractivity contribution in [2.24, 2.45) is 0 Å². The van der Waals surface area contributed by atoms with Gasteiger partial charge in [-0.15, -0.1) is 11.3 Å². The molecule has 22 heavy (non-hydrogen) atoms. The fourth-order valence-corrected chi connectivity index (χ4v) is 4.26. The third-order valence-corrected chi connectivity index (χ3v) is 5.78. The number of rotatable bonds is 4. The molecule has 0 unspecified atom stereocenters. The van der Waals surface area contributed by atoms with Crippen LogP contribution in [0.4, 0.5) is 0 Å². The maximum absolute atomic E-state index is 12.7. The van der Waals surface area contributed by atoms with E-state index < -0.39 is 0 Å². The number of nitrogens with one attached hydrogen (secondary N) is 1. The molecule has 0 spiro atoms. The first-order valence-corrected chi connectivity index (χ1v) is 9.09. The summed E-state index contributed by atoms with van der Waals surface area (Å²) in [6, 6.07) is 0.357. The summed E-state index contributed by atoms with van der Waals surface area (Å²) < 4.78 is 5.57. The molecule has 0 radical (unpaired) electrons. The van der Waals surface area contributed by atoms with Crippen LogP contribution < -0.4 is 5.32 Å². The summed E-state index contributed by atoms with van der Waals surface area (Å²) in [5, 5.41) is 6.11. The highest BCUT2D eigenvalue weighted by molar-refractivity contribution is 7.09. The summed E-state index contributed by atoms with van der Waals surface area (Å²) in [4.78, 5) is 19.5. The van der Waals surface area contributed by atoms with Crippen LogP contribution in [0.25, 0.3) is 0 Å². The Morgan fingerprint density at radius 3 is 2.95 bits per heavy atom. The van der Waals surface area contributed by atoms with Crippen molar-refractivity contribution in [2.45, 2.75) is 57.7 Å². The molecule has 2 aliphatic rings. The van der Waals surface area contributed by atoms with Gasteiger partial charge in [0.05, 0.1) is 19.3 Å². The molecule has 1 amide bonds. The molecule has 2 fully saturated rings. The minimum absolute atomic E-state index is 0.0430. The Balaban J connectivity index is 1.63. The molecule has 1 saturated heterocycles. The van der Waals surface area contributed by atoms with Gasteiger partial charge in [0.25, 0.3) is 0 Å². The van der Waals surface area contributed by atoms with Crippen LogP contribution in [-0.2, 0) is 9.53 Å². The van der Waals surface area contributed by atoms with Crippen LogP contribution in [0.3, 0.4) is 0 Å². The number of nitrogens with zero attached hydrogens (tertiary/aromatic N) is 2. The highest BCUT2D eigenvalue weighted by Gasteiger charge is 2.35. The Bertz CT molecular complexity index is 513. The summed E-state index contributed by atoms with van der Waals surface area (Å²) in [6.45, 7) is 6.09. The number of ether oxygens (including phenoxy) is 1. The van der Waals surface area contributed by atoms with Gasteiger partial charge >= 0.3 is 0 Å². The van der Waals surface area contributed by atoms with Crippen molar-refractivity contribution in [3.63, 3.8) is 0 Å². The lowest BCUT2D eigenvalue weighted by Crippen LogP contribution is -2.56. The number of morpholine rings is 1. The molecule has 3 rings (SSSR count). The third kappa shape index (κ3) is 3.50. The van der Waals surface area contributed by atoms with Crippen molar-refractivity contribution in [3.8, 4) is 0 Å². The van der Waals surface area contributed by atoms with Gasteiger partial charge in [-0.25, -0.2) is 4.98 Å². The Hall–Kier alpha value is -0.980. The fraction of sp³-hybridized carbons (Fsp3) is 0.750. The number of thiazole rings is 1. The van der Waals surface area contributed by atoms with E-state index in [4.69, 9.17) is 4.74 Å². The largest absolute Gasteiger partial charge is 0.378 e. The number of carbonyl (C=O) groups excluding carboxylic acids is 1. The van der Waals surface area contributed by atoms with Crippen LogP contribution in [0.15, 0.2) is 5.38 Å². The number of hydrogen-bond acceptors (Lipinski definition) is 5. The zero-order chi connectivity index (χ0) is 15.5. The van der Waals surface area contributed by atoms with E-state index in [2.05, 4.69) is 15.2 Å². The van der Waals surface area contributed by atoms with Crippen molar-refractivity contribution < 1.29 is 9.53 Å². The van der Waals surface area contributed by atoms with Crippen LogP contribution in [0.1, 0.15) is 49.4 Å². The minimum Gasteiger partial charge on any atom is -0.378 e. The van der Waals surface area contributed by atoms with Crippen molar-refractivity contribution in [1.29, 1.82) is 0 Å². The van der Waals surface area contributed by atoms with E-state index in [1.807, 2.05) is 19.2 Å². The normalized spacial score (nSPS) is 25.3. The molecule has 2 heterocycles. The van der Waals surface area contributed by atoms with Gasteiger partial charge < -0.3 is 10.1 Å². The zero-order valence-corrected chi connectivity index (χ0v) is 14.2. The lowest BCUT2D eigenvalue weighted by molar-refractivity contribution is -0.135. The molecule has 2 atom stereocenters. The number of aryl methyl sites for hydroxylation is 1. The monoisotopic (exact) mass is 323 g/mol. The molecular formula is C16H25N3O2S. The molecule has 0 bridgehead atoms. The standard InChI is InChI=1S/C16H25N3O2S/c1-11-10-22-16(17-11)12(2)18-15(20)14-9-21-8-7-19(14)13-5-3-4-6-13/h10,12-14H,3-9H2,1-2H3,(H,18,20)/t12-,14-/m1/s1. The molecule has 1 N–H and O–H groups in total. The first kappa shape index (κ1) is 15.9. The van der Waals surface area contributed by atoms with Gasteiger partial charge in [-0.2, -0.15) is 0 Å². The predicted molar refractivity (Wildman–Crippen MR) is 87.0 cm³/mol. The maximum Gasteiger partial charge on any atom is 0.240 e. The summed E-state index contributed by atoms with van der Waals surface area (Å²) >= 11 is 1.60. The van der Waals surface area contributed by atoms with Gasteiger partial charge in [0.1, 0.15) is 11.0 Å². The van der Waals surface area contributed by atoms with E-state index in [1.165, 1.54) is 25.7 Å². The molecule has 6 heteroatoms. The Morgan fingerprint density at radius 2 is 2.27 bits per heavy atom. The quantitative estimate of drug-likeness (QED) is 0.923. The van der Waals surface area contributed by atoms with Crippen LogP contribution in [-0.4, -0.2) is 47.6 Å².